The molecule has 0 saturated carbocycles. The van der Waals surface area contributed by atoms with Gasteiger partial charge in [0.05, 0.1) is 6.61 Å². The molecule has 2 N–H and O–H groups in total. The molecule has 0 fully saturated rings. The van der Waals surface area contributed by atoms with Crippen LogP contribution in [0.15, 0.2) is 12.2 Å². The van der Waals surface area contributed by atoms with Crippen LogP contribution in [0.5, 0.6) is 0 Å². The highest BCUT2D eigenvalue weighted by molar-refractivity contribution is 8.06. The Bertz CT molecular complexity index is 276. The number of rotatable bonds is 14. The first kappa shape index (κ1) is 20.3. The Morgan fingerprint density at radius 1 is 0.850 bits per heavy atom. The molecule has 0 rings (SSSR count). The minimum absolute atomic E-state index is 0.368. The highest BCUT2D eigenvalue weighted by atomic mass is 32.5. The summed E-state index contributed by atoms with van der Waals surface area (Å²) < 4.78 is 4.76. The molecule has 0 heterocycles. The SMILES string of the molecule is CCCC/C=C\CCCCCCCCCOP(O)(O)=S. The molecule has 0 spiro atoms. The average Bonchev–Trinajstić information content (AvgIpc) is 2.38. The molecule has 0 aromatic rings. The van der Waals surface area contributed by atoms with Crippen LogP contribution in [0, 0.1) is 0 Å². The van der Waals surface area contributed by atoms with Crippen molar-refractivity contribution < 1.29 is 14.3 Å². The molecule has 5 heteroatoms. The van der Waals surface area contributed by atoms with Gasteiger partial charge in [0, 0.05) is 0 Å². The summed E-state index contributed by atoms with van der Waals surface area (Å²) in [5, 5.41) is 0. The van der Waals surface area contributed by atoms with Gasteiger partial charge in [-0.2, -0.15) is 0 Å². The fourth-order valence-electron chi connectivity index (χ4n) is 1.99. The Labute approximate surface area is 129 Å². The van der Waals surface area contributed by atoms with Gasteiger partial charge in [-0.15, -0.1) is 0 Å². The number of hydrogen-bond donors (Lipinski definition) is 2. The molecular formula is C15H31O3PS. The van der Waals surface area contributed by atoms with Gasteiger partial charge in [0.25, 0.3) is 0 Å². The topological polar surface area (TPSA) is 49.7 Å². The third kappa shape index (κ3) is 18.3. The van der Waals surface area contributed by atoms with E-state index in [1.807, 2.05) is 0 Å². The highest BCUT2D eigenvalue weighted by Gasteiger charge is 2.05. The van der Waals surface area contributed by atoms with Crippen LogP contribution in [-0.2, 0) is 16.3 Å². The molecule has 0 saturated heterocycles. The van der Waals surface area contributed by atoms with Crippen molar-refractivity contribution in [1.29, 1.82) is 0 Å². The van der Waals surface area contributed by atoms with E-state index in [1.165, 1.54) is 57.8 Å². The van der Waals surface area contributed by atoms with Gasteiger partial charge in [0.1, 0.15) is 0 Å². The minimum atomic E-state index is -3.42. The van der Waals surface area contributed by atoms with Crippen molar-refractivity contribution in [3.05, 3.63) is 12.2 Å². The van der Waals surface area contributed by atoms with Gasteiger partial charge in [-0.1, -0.05) is 64.0 Å². The molecule has 0 bridgehead atoms. The smallest absolute Gasteiger partial charge is 0.321 e. The molecule has 0 aliphatic rings. The zero-order valence-electron chi connectivity index (χ0n) is 12.8. The van der Waals surface area contributed by atoms with E-state index < -0.39 is 6.72 Å². The number of allylic oxidation sites excluding steroid dienone is 2. The Hall–Kier alpha value is 0.270. The van der Waals surface area contributed by atoms with E-state index in [0.717, 1.165) is 12.8 Å². The van der Waals surface area contributed by atoms with E-state index >= 15 is 0 Å². The fraction of sp³-hybridized carbons (Fsp3) is 0.867. The predicted molar refractivity (Wildman–Crippen MR) is 90.3 cm³/mol. The van der Waals surface area contributed by atoms with E-state index in [2.05, 4.69) is 30.9 Å². The molecule has 20 heavy (non-hydrogen) atoms. The number of unbranched alkanes of at least 4 members (excludes halogenated alkanes) is 9. The van der Waals surface area contributed by atoms with Crippen LogP contribution in [0.25, 0.3) is 0 Å². The average molecular weight is 322 g/mol. The Morgan fingerprint density at radius 2 is 1.35 bits per heavy atom. The molecule has 120 valence electrons. The second-order valence-corrected chi connectivity index (χ2v) is 7.87. The second kappa shape index (κ2) is 14.2. The van der Waals surface area contributed by atoms with Crippen LogP contribution in [0.4, 0.5) is 0 Å². The van der Waals surface area contributed by atoms with Gasteiger partial charge in [0.2, 0.25) is 0 Å². The third-order valence-electron chi connectivity index (χ3n) is 3.17. The minimum Gasteiger partial charge on any atom is -0.325 e. The summed E-state index contributed by atoms with van der Waals surface area (Å²) in [6.45, 7) is -0.831. The van der Waals surface area contributed by atoms with Crippen LogP contribution in [0.3, 0.4) is 0 Å². The van der Waals surface area contributed by atoms with E-state index in [1.54, 1.807) is 0 Å². The van der Waals surface area contributed by atoms with Gasteiger partial charge >= 0.3 is 6.72 Å². The molecule has 0 aliphatic heterocycles. The standard InChI is InChI=1S/C15H31O3PS/c1-2-3-4-5-6-7-8-9-10-11-12-13-14-15-18-19(16,17)20/h5-6H,2-4,7-15H2,1H3,(H2,16,17,20)/b6-5-. The van der Waals surface area contributed by atoms with Crippen LogP contribution in [-0.4, -0.2) is 16.4 Å². The molecule has 0 atom stereocenters. The van der Waals surface area contributed by atoms with Crippen molar-refractivity contribution in [2.75, 3.05) is 6.61 Å². The molecule has 0 aromatic carbocycles. The largest absolute Gasteiger partial charge is 0.325 e. The molecule has 0 unspecified atom stereocenters. The van der Waals surface area contributed by atoms with Gasteiger partial charge in [-0.05, 0) is 37.5 Å². The fourth-order valence-corrected chi connectivity index (χ4v) is 2.58. The quantitative estimate of drug-likeness (QED) is 0.266. The summed E-state index contributed by atoms with van der Waals surface area (Å²) in [5.74, 6) is 0. The zero-order chi connectivity index (χ0) is 15.1. The monoisotopic (exact) mass is 322 g/mol. The van der Waals surface area contributed by atoms with Crippen molar-refractivity contribution in [3.63, 3.8) is 0 Å². The van der Waals surface area contributed by atoms with E-state index in [0.29, 0.717) is 6.61 Å². The van der Waals surface area contributed by atoms with Crippen LogP contribution in [0.2, 0.25) is 0 Å². The van der Waals surface area contributed by atoms with Gasteiger partial charge in [-0.3, -0.25) is 0 Å². The first-order valence-electron chi connectivity index (χ1n) is 7.91. The Balaban J connectivity index is 3.10. The molecule has 0 aromatic heterocycles. The van der Waals surface area contributed by atoms with Crippen LogP contribution < -0.4 is 0 Å². The summed E-state index contributed by atoms with van der Waals surface area (Å²) in [6.07, 6.45) is 17.9. The van der Waals surface area contributed by atoms with Crippen molar-refractivity contribution in [2.24, 2.45) is 0 Å². The number of hydrogen-bond acceptors (Lipinski definition) is 2. The summed E-state index contributed by atoms with van der Waals surface area (Å²) in [5.41, 5.74) is 0. The maximum Gasteiger partial charge on any atom is 0.321 e. The maximum atomic E-state index is 8.86. The maximum absolute atomic E-state index is 8.86. The van der Waals surface area contributed by atoms with Gasteiger partial charge in [0.15, 0.2) is 0 Å². The lowest BCUT2D eigenvalue weighted by Gasteiger charge is -2.07. The van der Waals surface area contributed by atoms with Crippen molar-refractivity contribution in [3.8, 4) is 0 Å². The Kier molecular flexibility index (Phi) is 14.4. The third-order valence-corrected chi connectivity index (χ3v) is 4.00. The van der Waals surface area contributed by atoms with Crippen molar-refractivity contribution >= 4 is 18.5 Å². The lowest BCUT2D eigenvalue weighted by Crippen LogP contribution is -1.92. The van der Waals surface area contributed by atoms with Crippen LogP contribution >= 0.6 is 6.72 Å². The van der Waals surface area contributed by atoms with E-state index in [4.69, 9.17) is 14.3 Å². The van der Waals surface area contributed by atoms with Crippen molar-refractivity contribution in [2.45, 2.75) is 77.6 Å². The van der Waals surface area contributed by atoms with Crippen LogP contribution in [0.1, 0.15) is 77.6 Å². The summed E-state index contributed by atoms with van der Waals surface area (Å²) >= 11 is 4.37. The summed E-state index contributed by atoms with van der Waals surface area (Å²) in [6, 6.07) is 0. The molecular weight excluding hydrogens is 291 g/mol. The lowest BCUT2D eigenvalue weighted by molar-refractivity contribution is 0.245. The predicted octanol–water partition coefficient (Wildman–Crippen LogP) is 5.08. The summed E-state index contributed by atoms with van der Waals surface area (Å²) in [7, 11) is 0. The second-order valence-electron chi connectivity index (χ2n) is 5.20. The normalized spacial score (nSPS) is 12.3. The molecule has 0 aliphatic carbocycles. The highest BCUT2D eigenvalue weighted by Crippen LogP contribution is 2.36. The molecule has 3 nitrogen and oxygen atoms in total. The van der Waals surface area contributed by atoms with Gasteiger partial charge in [-0.25, -0.2) is 0 Å². The molecule has 0 amide bonds. The first-order chi connectivity index (χ1) is 9.56. The Morgan fingerprint density at radius 3 is 1.90 bits per heavy atom. The van der Waals surface area contributed by atoms with E-state index in [-0.39, 0.29) is 0 Å². The van der Waals surface area contributed by atoms with Crippen molar-refractivity contribution in [1.82, 2.24) is 0 Å². The lowest BCUT2D eigenvalue weighted by atomic mass is 10.1. The summed E-state index contributed by atoms with van der Waals surface area (Å²) in [4.78, 5) is 17.7. The van der Waals surface area contributed by atoms with E-state index in [9.17, 15) is 0 Å². The first-order valence-corrected chi connectivity index (χ1v) is 10.5. The zero-order valence-corrected chi connectivity index (χ0v) is 14.5. The van der Waals surface area contributed by atoms with Gasteiger partial charge < -0.3 is 14.3 Å². The molecule has 0 radical (unpaired) electrons.